The van der Waals surface area contributed by atoms with Crippen LogP contribution in [0.3, 0.4) is 0 Å². The van der Waals surface area contributed by atoms with Crippen LogP contribution < -0.4 is 21.1 Å². The highest BCUT2D eigenvalue weighted by Crippen LogP contribution is 2.25. The average Bonchev–Trinajstić information content (AvgIpc) is 2.60. The maximum atomic E-state index is 12.0. The molecule has 2 aromatic carbocycles. The van der Waals surface area contributed by atoms with E-state index in [0.29, 0.717) is 18.0 Å². The molecule has 0 aliphatic carbocycles. The molecule has 2 rings (SSSR count). The molecular weight excluding hydrogens is 318 g/mol. The van der Waals surface area contributed by atoms with Gasteiger partial charge >= 0.3 is 6.03 Å². The lowest BCUT2D eigenvalue weighted by Crippen LogP contribution is -2.36. The Morgan fingerprint density at radius 3 is 2.52 bits per heavy atom. The first-order valence-corrected chi connectivity index (χ1v) is 7.85. The molecule has 0 radical (unpaired) electrons. The number of hydrogen-bond acceptors (Lipinski definition) is 3. The quantitative estimate of drug-likeness (QED) is 0.646. The largest absolute Gasteiger partial charge is 0.457 e. The van der Waals surface area contributed by atoms with E-state index in [2.05, 4.69) is 17.2 Å². The van der Waals surface area contributed by atoms with Gasteiger partial charge in [-0.05, 0) is 29.8 Å². The van der Waals surface area contributed by atoms with Crippen molar-refractivity contribution in [2.45, 2.75) is 12.5 Å². The summed E-state index contributed by atoms with van der Waals surface area (Å²) in [5.74, 6) is 1.09. The number of benzene rings is 2. The highest BCUT2D eigenvalue weighted by Gasteiger charge is 2.18. The molecule has 0 unspecified atom stereocenters. The summed E-state index contributed by atoms with van der Waals surface area (Å²) >= 11 is 0. The number of urea groups is 1. The first-order valence-electron chi connectivity index (χ1n) is 7.85. The number of rotatable bonds is 8. The Kier molecular flexibility index (Phi) is 6.59. The number of nitrogens with one attached hydrogen (secondary N) is 2. The maximum Gasteiger partial charge on any atom is 0.312 e. The second-order valence-electron chi connectivity index (χ2n) is 5.35. The third-order valence-corrected chi connectivity index (χ3v) is 3.39. The van der Waals surface area contributed by atoms with E-state index in [4.69, 9.17) is 10.5 Å². The SMILES string of the molecule is C=CCNC(=O)C[C@@H](NC(N)=O)c1cccc(Oc2ccccc2)c1. The van der Waals surface area contributed by atoms with Gasteiger partial charge in [-0.1, -0.05) is 36.4 Å². The van der Waals surface area contributed by atoms with E-state index in [1.165, 1.54) is 0 Å². The van der Waals surface area contributed by atoms with E-state index in [9.17, 15) is 9.59 Å². The molecule has 2 aromatic rings. The van der Waals surface area contributed by atoms with Crippen LogP contribution in [0.1, 0.15) is 18.0 Å². The molecule has 4 N–H and O–H groups in total. The van der Waals surface area contributed by atoms with Crippen LogP contribution in [0.15, 0.2) is 67.3 Å². The van der Waals surface area contributed by atoms with Gasteiger partial charge in [0.2, 0.25) is 5.91 Å². The van der Waals surface area contributed by atoms with E-state index < -0.39 is 12.1 Å². The van der Waals surface area contributed by atoms with E-state index in [1.807, 2.05) is 30.3 Å². The Labute approximate surface area is 146 Å². The van der Waals surface area contributed by atoms with Crippen molar-refractivity contribution in [1.82, 2.24) is 10.6 Å². The topological polar surface area (TPSA) is 93.5 Å². The molecule has 0 aromatic heterocycles. The molecule has 25 heavy (non-hydrogen) atoms. The van der Waals surface area contributed by atoms with Crippen LogP contribution >= 0.6 is 0 Å². The fourth-order valence-corrected chi connectivity index (χ4v) is 2.29. The summed E-state index contributed by atoms with van der Waals surface area (Å²) < 4.78 is 5.79. The Morgan fingerprint density at radius 2 is 1.84 bits per heavy atom. The van der Waals surface area contributed by atoms with Gasteiger partial charge in [-0.3, -0.25) is 4.79 Å². The Hall–Kier alpha value is -3.28. The third kappa shape index (κ3) is 6.02. The van der Waals surface area contributed by atoms with Gasteiger partial charge in [0.05, 0.1) is 12.5 Å². The van der Waals surface area contributed by atoms with E-state index in [0.717, 1.165) is 5.56 Å². The number of primary amides is 1. The monoisotopic (exact) mass is 339 g/mol. The van der Waals surface area contributed by atoms with Crippen molar-refractivity contribution in [2.24, 2.45) is 5.73 Å². The zero-order chi connectivity index (χ0) is 18.1. The number of ether oxygens (including phenoxy) is 1. The van der Waals surface area contributed by atoms with E-state index in [-0.39, 0.29) is 12.3 Å². The molecule has 1 atom stereocenters. The maximum absolute atomic E-state index is 12.0. The van der Waals surface area contributed by atoms with Crippen molar-refractivity contribution >= 4 is 11.9 Å². The summed E-state index contributed by atoms with van der Waals surface area (Å²) in [6.45, 7) is 3.91. The fourth-order valence-electron chi connectivity index (χ4n) is 2.29. The van der Waals surface area contributed by atoms with Gasteiger partial charge in [0.1, 0.15) is 11.5 Å². The minimum Gasteiger partial charge on any atom is -0.457 e. The van der Waals surface area contributed by atoms with Gasteiger partial charge in [-0.25, -0.2) is 4.79 Å². The molecule has 0 fully saturated rings. The highest BCUT2D eigenvalue weighted by atomic mass is 16.5. The van der Waals surface area contributed by atoms with Crippen LogP contribution in [0.25, 0.3) is 0 Å². The molecule has 3 amide bonds. The third-order valence-electron chi connectivity index (χ3n) is 3.39. The average molecular weight is 339 g/mol. The highest BCUT2D eigenvalue weighted by molar-refractivity contribution is 5.78. The van der Waals surface area contributed by atoms with Crippen molar-refractivity contribution in [3.63, 3.8) is 0 Å². The molecule has 0 bridgehead atoms. The van der Waals surface area contributed by atoms with Crippen LogP contribution in [0.2, 0.25) is 0 Å². The number of para-hydroxylation sites is 1. The predicted octanol–water partition coefficient (Wildman–Crippen LogP) is 2.88. The predicted molar refractivity (Wildman–Crippen MR) is 96.2 cm³/mol. The summed E-state index contributed by atoms with van der Waals surface area (Å²) in [6.07, 6.45) is 1.65. The van der Waals surface area contributed by atoms with Gasteiger partial charge in [0, 0.05) is 6.54 Å². The standard InChI is InChI=1S/C19H21N3O3/c1-2-11-21-18(23)13-17(22-19(20)24)14-7-6-10-16(12-14)25-15-8-4-3-5-9-15/h2-10,12,17H,1,11,13H2,(H,21,23)(H3,20,22,24)/t17-/m1/s1. The van der Waals surface area contributed by atoms with Crippen LogP contribution in [0.4, 0.5) is 4.79 Å². The molecule has 6 nitrogen and oxygen atoms in total. The second kappa shape index (κ2) is 9.12. The van der Waals surface area contributed by atoms with Crippen LogP contribution in [0.5, 0.6) is 11.5 Å². The summed E-state index contributed by atoms with van der Waals surface area (Å²) in [5.41, 5.74) is 5.96. The van der Waals surface area contributed by atoms with Crippen molar-refractivity contribution in [3.8, 4) is 11.5 Å². The molecule has 0 saturated carbocycles. The number of nitrogens with two attached hydrogens (primary N) is 1. The zero-order valence-electron chi connectivity index (χ0n) is 13.8. The molecule has 6 heteroatoms. The van der Waals surface area contributed by atoms with E-state index >= 15 is 0 Å². The number of hydrogen-bond donors (Lipinski definition) is 3. The molecule has 0 aliphatic rings. The number of amides is 3. The Morgan fingerprint density at radius 1 is 1.12 bits per heavy atom. The van der Waals surface area contributed by atoms with Crippen LogP contribution in [-0.2, 0) is 4.79 Å². The minimum atomic E-state index is -0.698. The molecule has 0 aliphatic heterocycles. The van der Waals surface area contributed by atoms with Gasteiger partial charge in [0.15, 0.2) is 0 Å². The van der Waals surface area contributed by atoms with Crippen molar-refractivity contribution in [2.75, 3.05) is 6.54 Å². The fraction of sp³-hybridized carbons (Fsp3) is 0.158. The lowest BCUT2D eigenvalue weighted by molar-refractivity contribution is -0.121. The summed E-state index contributed by atoms with van der Waals surface area (Å²) in [5, 5.41) is 5.27. The lowest BCUT2D eigenvalue weighted by atomic mass is 10.0. The van der Waals surface area contributed by atoms with Crippen LogP contribution in [-0.4, -0.2) is 18.5 Å². The Balaban J connectivity index is 2.15. The zero-order valence-corrected chi connectivity index (χ0v) is 13.8. The molecule has 0 spiro atoms. The number of carbonyl (C=O) groups is 2. The second-order valence-corrected chi connectivity index (χ2v) is 5.35. The van der Waals surface area contributed by atoms with E-state index in [1.54, 1.807) is 30.3 Å². The molecule has 130 valence electrons. The van der Waals surface area contributed by atoms with Crippen molar-refractivity contribution < 1.29 is 14.3 Å². The molecule has 0 heterocycles. The van der Waals surface area contributed by atoms with Gasteiger partial charge in [0.25, 0.3) is 0 Å². The minimum absolute atomic E-state index is 0.0611. The number of carbonyl (C=O) groups excluding carboxylic acids is 2. The summed E-state index contributed by atoms with van der Waals surface area (Å²) in [6, 6.07) is 15.3. The first kappa shape index (κ1) is 18.1. The first-order chi connectivity index (χ1) is 12.1. The van der Waals surface area contributed by atoms with Crippen LogP contribution in [0, 0.1) is 0 Å². The Bertz CT molecular complexity index is 732. The lowest BCUT2D eigenvalue weighted by Gasteiger charge is -2.18. The summed E-state index contributed by atoms with van der Waals surface area (Å²) in [4.78, 5) is 23.2. The van der Waals surface area contributed by atoms with Crippen molar-refractivity contribution in [3.05, 3.63) is 72.8 Å². The van der Waals surface area contributed by atoms with Gasteiger partial charge < -0.3 is 21.1 Å². The van der Waals surface area contributed by atoms with Gasteiger partial charge in [-0.2, -0.15) is 0 Å². The summed E-state index contributed by atoms with van der Waals surface area (Å²) in [7, 11) is 0. The molecule has 0 saturated heterocycles. The normalized spacial score (nSPS) is 11.2. The molecular formula is C19H21N3O3. The van der Waals surface area contributed by atoms with Gasteiger partial charge in [-0.15, -0.1) is 6.58 Å². The smallest absolute Gasteiger partial charge is 0.312 e. The van der Waals surface area contributed by atoms with Crippen molar-refractivity contribution in [1.29, 1.82) is 0 Å².